The predicted molar refractivity (Wildman–Crippen MR) is 75.0 cm³/mol. The van der Waals surface area contributed by atoms with Gasteiger partial charge >= 0.3 is 11.9 Å². The van der Waals surface area contributed by atoms with E-state index in [0.717, 1.165) is 5.56 Å². The summed E-state index contributed by atoms with van der Waals surface area (Å²) in [6.45, 7) is 4.01. The normalized spacial score (nSPS) is 13.3. The van der Waals surface area contributed by atoms with Gasteiger partial charge in [-0.1, -0.05) is 30.3 Å². The van der Waals surface area contributed by atoms with E-state index in [1.807, 2.05) is 30.3 Å². The number of esters is 2. The van der Waals surface area contributed by atoms with Crippen LogP contribution in [0.4, 0.5) is 0 Å². The fourth-order valence-corrected chi connectivity index (χ4v) is 1.95. The number of carbonyl (C=O) groups is 2. The van der Waals surface area contributed by atoms with E-state index >= 15 is 0 Å². The van der Waals surface area contributed by atoms with Gasteiger partial charge in [-0.15, -0.1) is 0 Å². The molecule has 0 aliphatic heterocycles. The summed E-state index contributed by atoms with van der Waals surface area (Å²) in [5.41, 5.74) is 6.76. The van der Waals surface area contributed by atoms with E-state index in [9.17, 15) is 9.59 Å². The minimum atomic E-state index is -0.887. The lowest BCUT2D eigenvalue weighted by atomic mass is 9.89. The molecule has 0 amide bonds. The summed E-state index contributed by atoms with van der Waals surface area (Å²) >= 11 is 0. The van der Waals surface area contributed by atoms with Crippen molar-refractivity contribution in [1.82, 2.24) is 0 Å². The maximum atomic E-state index is 11.8. The highest BCUT2D eigenvalue weighted by Gasteiger charge is 2.29. The van der Waals surface area contributed by atoms with Crippen molar-refractivity contribution in [2.24, 2.45) is 5.73 Å². The zero-order chi connectivity index (χ0) is 15.0. The molecule has 0 aliphatic rings. The average Bonchev–Trinajstić information content (AvgIpc) is 2.45. The van der Waals surface area contributed by atoms with Crippen LogP contribution in [0.5, 0.6) is 0 Å². The number of hydrogen-bond donors (Lipinski definition) is 1. The minimum Gasteiger partial charge on any atom is -0.466 e. The Morgan fingerprint density at radius 1 is 1.10 bits per heavy atom. The van der Waals surface area contributed by atoms with E-state index in [2.05, 4.69) is 0 Å². The summed E-state index contributed by atoms with van der Waals surface area (Å²) in [7, 11) is 0. The molecule has 0 bridgehead atoms. The zero-order valence-electron chi connectivity index (χ0n) is 11.9. The molecule has 0 unspecified atom stereocenters. The molecule has 0 fully saturated rings. The lowest BCUT2D eigenvalue weighted by Crippen LogP contribution is -2.39. The third-order valence-corrected chi connectivity index (χ3v) is 2.91. The molecule has 0 spiro atoms. The van der Waals surface area contributed by atoms with Crippen LogP contribution in [0.2, 0.25) is 0 Å². The van der Waals surface area contributed by atoms with Crippen molar-refractivity contribution in [1.29, 1.82) is 0 Å². The molecule has 1 aromatic carbocycles. The topological polar surface area (TPSA) is 78.6 Å². The van der Waals surface area contributed by atoms with Crippen molar-refractivity contribution in [2.75, 3.05) is 13.2 Å². The number of rotatable bonds is 7. The number of hydrogen-bond acceptors (Lipinski definition) is 5. The summed E-state index contributed by atoms with van der Waals surface area (Å²) in [4.78, 5) is 23.5. The highest BCUT2D eigenvalue weighted by molar-refractivity contribution is 5.79. The van der Waals surface area contributed by atoms with Gasteiger partial charge in [-0.05, 0) is 19.4 Å². The molecular weight excluding hydrogens is 258 g/mol. The second-order valence-corrected chi connectivity index (χ2v) is 4.30. The Balaban J connectivity index is 2.89. The molecule has 2 N–H and O–H groups in total. The first-order valence-corrected chi connectivity index (χ1v) is 6.72. The Morgan fingerprint density at radius 3 is 2.25 bits per heavy atom. The van der Waals surface area contributed by atoms with Crippen molar-refractivity contribution >= 4 is 11.9 Å². The standard InChI is InChI=1S/C15H21NO4/c1-3-19-13(17)10-12(11-8-6-5-7-9-11)14(16)15(18)20-4-2/h5-9,12,14H,3-4,10,16H2,1-2H3/t12-,14+/m1/s1. The minimum absolute atomic E-state index is 0.0534. The lowest BCUT2D eigenvalue weighted by Gasteiger charge is -2.22. The number of ether oxygens (including phenoxy) is 2. The first kappa shape index (κ1) is 16.2. The van der Waals surface area contributed by atoms with Crippen LogP contribution in [0.15, 0.2) is 30.3 Å². The van der Waals surface area contributed by atoms with Crippen molar-refractivity contribution < 1.29 is 19.1 Å². The van der Waals surface area contributed by atoms with Gasteiger partial charge in [0.1, 0.15) is 6.04 Å². The maximum Gasteiger partial charge on any atom is 0.323 e. The van der Waals surface area contributed by atoms with Crippen molar-refractivity contribution in [3.63, 3.8) is 0 Å². The smallest absolute Gasteiger partial charge is 0.323 e. The van der Waals surface area contributed by atoms with Crippen molar-refractivity contribution in [2.45, 2.75) is 32.2 Å². The van der Waals surface area contributed by atoms with Crippen LogP contribution in [0, 0.1) is 0 Å². The Morgan fingerprint density at radius 2 is 1.70 bits per heavy atom. The molecule has 0 aliphatic carbocycles. The van der Waals surface area contributed by atoms with E-state index < -0.39 is 17.9 Å². The quantitative estimate of drug-likeness (QED) is 0.767. The second kappa shape index (κ2) is 8.32. The van der Waals surface area contributed by atoms with E-state index in [-0.39, 0.29) is 19.0 Å². The third-order valence-electron chi connectivity index (χ3n) is 2.91. The fourth-order valence-electron chi connectivity index (χ4n) is 1.95. The summed E-state index contributed by atoms with van der Waals surface area (Å²) in [5.74, 6) is -1.33. The molecule has 0 aromatic heterocycles. The van der Waals surface area contributed by atoms with Crippen LogP contribution in [0.25, 0.3) is 0 Å². The second-order valence-electron chi connectivity index (χ2n) is 4.30. The van der Waals surface area contributed by atoms with E-state index in [0.29, 0.717) is 6.61 Å². The van der Waals surface area contributed by atoms with Gasteiger partial charge in [0.15, 0.2) is 0 Å². The maximum absolute atomic E-state index is 11.8. The third kappa shape index (κ3) is 4.66. The molecule has 110 valence electrons. The van der Waals surface area contributed by atoms with Gasteiger partial charge in [0, 0.05) is 5.92 Å². The van der Waals surface area contributed by atoms with Crippen LogP contribution >= 0.6 is 0 Å². The first-order valence-electron chi connectivity index (χ1n) is 6.72. The lowest BCUT2D eigenvalue weighted by molar-refractivity contribution is -0.147. The van der Waals surface area contributed by atoms with Gasteiger partial charge in [-0.3, -0.25) is 9.59 Å². The van der Waals surface area contributed by atoms with Gasteiger partial charge in [0.05, 0.1) is 19.6 Å². The molecule has 5 nitrogen and oxygen atoms in total. The molecule has 0 saturated heterocycles. The van der Waals surface area contributed by atoms with Gasteiger partial charge < -0.3 is 15.2 Å². The molecule has 5 heteroatoms. The molecule has 1 rings (SSSR count). The number of nitrogens with two attached hydrogens (primary N) is 1. The van der Waals surface area contributed by atoms with Crippen LogP contribution in [0.3, 0.4) is 0 Å². The van der Waals surface area contributed by atoms with Crippen LogP contribution < -0.4 is 5.73 Å². The molecule has 0 saturated carbocycles. The highest BCUT2D eigenvalue weighted by Crippen LogP contribution is 2.24. The number of benzene rings is 1. The van der Waals surface area contributed by atoms with Gasteiger partial charge in [-0.2, -0.15) is 0 Å². The van der Waals surface area contributed by atoms with Crippen molar-refractivity contribution in [3.8, 4) is 0 Å². The summed E-state index contributed by atoms with van der Waals surface area (Å²) < 4.78 is 9.87. The first-order chi connectivity index (χ1) is 9.60. The summed E-state index contributed by atoms with van der Waals surface area (Å²) in [5, 5.41) is 0. The van der Waals surface area contributed by atoms with E-state index in [1.54, 1.807) is 13.8 Å². The van der Waals surface area contributed by atoms with Crippen LogP contribution in [-0.2, 0) is 19.1 Å². The zero-order valence-corrected chi connectivity index (χ0v) is 11.9. The molecule has 2 atom stereocenters. The summed E-state index contributed by atoms with van der Waals surface area (Å²) in [6.07, 6.45) is 0.0534. The highest BCUT2D eigenvalue weighted by atomic mass is 16.5. The predicted octanol–water partition coefficient (Wildman–Crippen LogP) is 1.61. The van der Waals surface area contributed by atoms with Gasteiger partial charge in [-0.25, -0.2) is 0 Å². The SMILES string of the molecule is CCOC(=O)C[C@H](c1ccccc1)[C@H](N)C(=O)OCC. The molecule has 0 radical (unpaired) electrons. The average molecular weight is 279 g/mol. The fraction of sp³-hybridized carbons (Fsp3) is 0.467. The Kier molecular flexibility index (Phi) is 6.73. The monoisotopic (exact) mass is 279 g/mol. The molecule has 1 aromatic rings. The van der Waals surface area contributed by atoms with Gasteiger partial charge in [0.25, 0.3) is 0 Å². The molecular formula is C15H21NO4. The largest absolute Gasteiger partial charge is 0.466 e. The van der Waals surface area contributed by atoms with Crippen molar-refractivity contribution in [3.05, 3.63) is 35.9 Å². The van der Waals surface area contributed by atoms with Crippen LogP contribution in [0.1, 0.15) is 31.7 Å². The summed E-state index contributed by atoms with van der Waals surface area (Å²) in [6, 6.07) is 8.32. The van der Waals surface area contributed by atoms with Crippen LogP contribution in [-0.4, -0.2) is 31.2 Å². The molecule has 20 heavy (non-hydrogen) atoms. The Bertz CT molecular complexity index is 433. The molecule has 0 heterocycles. The van der Waals surface area contributed by atoms with E-state index in [4.69, 9.17) is 15.2 Å². The Hall–Kier alpha value is -1.88. The Labute approximate surface area is 119 Å². The van der Waals surface area contributed by atoms with E-state index in [1.165, 1.54) is 0 Å². The number of carbonyl (C=O) groups excluding carboxylic acids is 2. The van der Waals surface area contributed by atoms with Gasteiger partial charge in [0.2, 0.25) is 0 Å².